The minimum absolute atomic E-state index is 0.0125. The van der Waals surface area contributed by atoms with Gasteiger partial charge in [0.05, 0.1) is 68.4 Å². The predicted octanol–water partition coefficient (Wildman–Crippen LogP) is 20.8. The molecule has 0 saturated heterocycles. The molecule has 0 bridgehead atoms. The summed E-state index contributed by atoms with van der Waals surface area (Å²) in [6.07, 6.45) is 14.6. The molecule has 0 spiro atoms. The number of pyridine rings is 2. The minimum Gasteiger partial charge on any atom is -0.497 e. The van der Waals surface area contributed by atoms with Crippen LogP contribution in [0.3, 0.4) is 0 Å². The minimum atomic E-state index is -0.576. The lowest BCUT2D eigenvalue weighted by atomic mass is 9.91. The Labute approximate surface area is 826 Å². The molecule has 728 valence electrons. The van der Waals surface area contributed by atoms with Crippen LogP contribution in [0, 0.1) is 24.4 Å². The van der Waals surface area contributed by atoms with E-state index >= 15 is 0 Å². The van der Waals surface area contributed by atoms with Gasteiger partial charge in [-0.15, -0.1) is 0 Å². The highest BCUT2D eigenvalue weighted by Gasteiger charge is 2.27. The van der Waals surface area contributed by atoms with E-state index in [-0.39, 0.29) is 109 Å². The van der Waals surface area contributed by atoms with Crippen LogP contribution >= 0.6 is 11.6 Å². The SMILES string of the molecule is COc1ccc(C(CO)C(=O)CCc2ccccc2)cc1.Cc1cccc(C(CO)C(=O)CCc2ccccc2)c1.NCC(C(=O)CCc1ccccc1)c1ccc(F)cc1.NC[C@@H](C(=O)CCc1ccccc1)c1ccccc1F.NC[C@H](C(=O)CCc1ccccc1)c1ccncc1.NC[C@H](C(=O)CCc1cccnc1)c1ccccc1F.O=C(CCc1ccccc1)[C@H](CO)c1cccc(Cl)c1. The molecule has 2 aromatic heterocycles. The van der Waals surface area contributed by atoms with Crippen molar-refractivity contribution in [3.8, 4) is 5.75 Å². The largest absolute Gasteiger partial charge is 0.497 e. The Balaban J connectivity index is 0.000000200. The molecule has 0 aliphatic carbocycles. The van der Waals surface area contributed by atoms with Crippen LogP contribution in [0.25, 0.3) is 0 Å². The number of ketones is 7. The van der Waals surface area contributed by atoms with Crippen LogP contribution in [-0.4, -0.2) is 119 Å². The number of halogens is 4. The highest BCUT2D eigenvalue weighted by molar-refractivity contribution is 6.30. The van der Waals surface area contributed by atoms with Crippen molar-refractivity contribution in [2.45, 2.75) is 138 Å². The number of nitrogens with zero attached hydrogens (tertiary/aromatic N) is 2. The Bertz CT molecular complexity index is 5740. The van der Waals surface area contributed by atoms with Crippen LogP contribution in [0.4, 0.5) is 13.2 Å². The highest BCUT2D eigenvalue weighted by atomic mass is 35.5. The molecule has 3 unspecified atom stereocenters. The van der Waals surface area contributed by atoms with Gasteiger partial charge in [0, 0.05) is 101 Å². The van der Waals surface area contributed by atoms with Gasteiger partial charge in [-0.25, -0.2) is 13.2 Å². The summed E-state index contributed by atoms with van der Waals surface area (Å²) in [4.78, 5) is 93.8. The second kappa shape index (κ2) is 63.7. The lowest BCUT2D eigenvalue weighted by molar-refractivity contribution is -0.122. The lowest BCUT2D eigenvalue weighted by Crippen LogP contribution is -2.23. The molecule has 21 heteroatoms. The van der Waals surface area contributed by atoms with Crippen molar-refractivity contribution in [1.29, 1.82) is 0 Å². The number of hydrogen-bond donors (Lipinski definition) is 7. The molecule has 14 rings (SSSR count). The quantitative estimate of drug-likeness (QED) is 0.0187. The molecule has 11 N–H and O–H groups in total. The summed E-state index contributed by atoms with van der Waals surface area (Å²) in [6.45, 7) is 2.36. The Morgan fingerprint density at radius 3 is 0.893 bits per heavy atom. The average molecular weight is 1910 g/mol. The third kappa shape index (κ3) is 39.3. The first-order chi connectivity index (χ1) is 68.1. The van der Waals surface area contributed by atoms with Crippen LogP contribution in [0.1, 0.15) is 170 Å². The number of hydrogen-bond acceptors (Lipinski definition) is 17. The van der Waals surface area contributed by atoms with Gasteiger partial charge in [0.1, 0.15) is 63.7 Å². The molecule has 0 aliphatic heterocycles. The van der Waals surface area contributed by atoms with E-state index in [1.54, 1.807) is 98.6 Å². The summed E-state index contributed by atoms with van der Waals surface area (Å²) in [6, 6.07) is 108. The maximum Gasteiger partial charge on any atom is 0.142 e. The molecule has 2 heterocycles. The fourth-order valence-corrected chi connectivity index (χ4v) is 15.9. The van der Waals surface area contributed by atoms with Crippen LogP contribution < -0.4 is 27.7 Å². The molecule has 12 aromatic carbocycles. The van der Waals surface area contributed by atoms with Crippen molar-refractivity contribution in [2.75, 3.05) is 53.1 Å². The number of aliphatic hydroxyl groups excluding tert-OH is 3. The third-order valence-electron chi connectivity index (χ3n) is 23.8. The van der Waals surface area contributed by atoms with E-state index in [0.717, 1.165) is 85.4 Å². The molecular formula is C119H128ClF3N6O11. The second-order valence-corrected chi connectivity index (χ2v) is 34.0. The number of methoxy groups -OCH3 is 1. The zero-order chi connectivity index (χ0) is 100. The lowest BCUT2D eigenvalue weighted by Gasteiger charge is -2.14. The van der Waals surface area contributed by atoms with Crippen molar-refractivity contribution < 1.29 is 66.8 Å². The summed E-state index contributed by atoms with van der Waals surface area (Å²) < 4.78 is 45.5. The topological polar surface area (TPSA) is 319 Å². The van der Waals surface area contributed by atoms with E-state index < -0.39 is 29.6 Å². The zero-order valence-electron chi connectivity index (χ0n) is 79.5. The van der Waals surface area contributed by atoms with E-state index in [9.17, 15) is 62.1 Å². The maximum absolute atomic E-state index is 13.7. The molecule has 0 aliphatic rings. The van der Waals surface area contributed by atoms with Gasteiger partial charge in [-0.2, -0.15) is 0 Å². The summed E-state index contributed by atoms with van der Waals surface area (Å²) in [5.41, 5.74) is 36.7. The molecule has 17 nitrogen and oxygen atoms in total. The smallest absolute Gasteiger partial charge is 0.142 e. The Hall–Kier alpha value is -13.8. The summed E-state index contributed by atoms with van der Waals surface area (Å²) >= 11 is 5.93. The molecule has 7 atom stereocenters. The van der Waals surface area contributed by atoms with Crippen molar-refractivity contribution in [2.24, 2.45) is 22.9 Å². The first kappa shape index (κ1) is 112. The summed E-state index contributed by atoms with van der Waals surface area (Å²) in [7, 11) is 1.60. The number of nitrogens with two attached hydrogens (primary N) is 4. The number of carbonyl (C=O) groups excluding carboxylic acids is 7. The fraction of sp³-hybridized carbons (Fsp3) is 0.252. The van der Waals surface area contributed by atoms with Crippen molar-refractivity contribution in [3.63, 3.8) is 0 Å². The van der Waals surface area contributed by atoms with Gasteiger partial charge in [0.25, 0.3) is 0 Å². The van der Waals surface area contributed by atoms with Crippen LogP contribution in [0.15, 0.2) is 377 Å². The van der Waals surface area contributed by atoms with Crippen LogP contribution in [-0.2, 0) is 78.5 Å². The highest BCUT2D eigenvalue weighted by Crippen LogP contribution is 2.29. The Morgan fingerprint density at radius 1 is 0.293 bits per heavy atom. The molecule has 0 fully saturated rings. The van der Waals surface area contributed by atoms with Gasteiger partial charge in [-0.05, 0) is 196 Å². The number of aromatic nitrogens is 2. The summed E-state index contributed by atoms with van der Waals surface area (Å²) in [5, 5.41) is 29.1. The molecule has 14 aromatic rings. The molecular weight excluding hydrogens is 1780 g/mol. The van der Waals surface area contributed by atoms with E-state index in [0.29, 0.717) is 99.7 Å². The first-order valence-electron chi connectivity index (χ1n) is 47.2. The number of carbonyl (C=O) groups is 7. The van der Waals surface area contributed by atoms with E-state index in [2.05, 4.69) is 9.97 Å². The van der Waals surface area contributed by atoms with Gasteiger partial charge >= 0.3 is 0 Å². The molecule has 0 radical (unpaired) electrons. The Morgan fingerprint density at radius 2 is 0.579 bits per heavy atom. The van der Waals surface area contributed by atoms with Crippen molar-refractivity contribution >= 4 is 52.1 Å². The van der Waals surface area contributed by atoms with Crippen molar-refractivity contribution in [3.05, 3.63) is 483 Å². The number of rotatable bonds is 43. The monoisotopic (exact) mass is 1910 g/mol. The maximum atomic E-state index is 13.7. The van der Waals surface area contributed by atoms with E-state index in [1.165, 1.54) is 29.8 Å². The predicted molar refractivity (Wildman–Crippen MR) is 552 cm³/mol. The zero-order valence-corrected chi connectivity index (χ0v) is 80.3. The molecule has 0 amide bonds. The van der Waals surface area contributed by atoms with Gasteiger partial charge in [0.15, 0.2) is 0 Å². The fourth-order valence-electron chi connectivity index (χ4n) is 15.7. The van der Waals surface area contributed by atoms with Gasteiger partial charge in [0.2, 0.25) is 0 Å². The average Bonchev–Trinajstić information content (AvgIpc) is 0.865. The number of aliphatic hydroxyl groups is 3. The normalized spacial score (nSPS) is 12.1. The third-order valence-corrected chi connectivity index (χ3v) is 24.0. The van der Waals surface area contributed by atoms with Gasteiger partial charge < -0.3 is 43.0 Å². The van der Waals surface area contributed by atoms with Crippen LogP contribution in [0.2, 0.25) is 5.02 Å². The number of ether oxygens (including phenoxy) is 1. The first-order valence-corrected chi connectivity index (χ1v) is 47.5. The Kier molecular flexibility index (Phi) is 50.7. The van der Waals surface area contributed by atoms with Gasteiger partial charge in [-0.1, -0.05) is 302 Å². The van der Waals surface area contributed by atoms with E-state index in [4.69, 9.17) is 39.3 Å². The van der Waals surface area contributed by atoms with Crippen molar-refractivity contribution in [1.82, 2.24) is 9.97 Å². The standard InChI is InChI=1S/C18H20O3.C18H20O2.C17H17ClO2.2C17H18FNO.C16H17FN2O.C16H18N2O/c1-21-16-10-8-15(9-11-16)17(13-19)18(20)12-7-14-5-3-2-4-6-14;1-14-6-5-9-16(12-14)17(13-19)18(20)11-10-15-7-3-2-4-8-15;18-15-8-4-7-14(11-15)16(12-19)17(20)10-9-13-5-2-1-3-6-13;18-16-9-5-4-8-14(16)15(12-19)17(20)11-10-13-6-2-1-3-7-13;18-15-9-7-14(8-10-15)16(12-19)17(20)11-6-13-4-2-1-3-5-13;17-15-6-2-1-5-13(15)14(10-18)16(20)8-7-12-4-3-9-19-11-12;17-12-15(14-8-10-18-11-9-14)16(19)7-6-13-4-2-1-3-5-13/h2-6,8-11,17,19H,7,12-13H2,1H3;2-9,12,17,19H,10-11,13H2,1H3;1-8,11,16,19H,9-10,12H2;1-9,15H,10-12,19H2;1-5,7-10,16H,6,11-12,19H2;1-6,9,11,14H,7-8,10,18H2;1-5,8-11,15H,6-7,12,17H2/t;;16-;15-;;14-;15-/m..11.00/s1. The summed E-state index contributed by atoms with van der Waals surface area (Å²) in [5.74, 6) is -2.91. The number of benzene rings is 12. The number of Topliss-reactive ketones (excluding diaryl/α,β-unsaturated/α-hetero) is 7. The second-order valence-electron chi connectivity index (χ2n) is 33.5. The van der Waals surface area contributed by atoms with Gasteiger partial charge in [-0.3, -0.25) is 43.5 Å². The van der Waals surface area contributed by atoms with Crippen LogP contribution in [0.5, 0.6) is 5.75 Å². The van der Waals surface area contributed by atoms with E-state index in [1.807, 2.05) is 268 Å². The number of aryl methyl sites for hydroxylation is 8. The molecule has 0 saturated carbocycles. The molecule has 140 heavy (non-hydrogen) atoms.